The number of hydrogen-bond acceptors (Lipinski definition) is 3. The molecule has 1 aromatic rings. The highest BCUT2D eigenvalue weighted by atomic mass is 19.1. The molecule has 1 N–H and O–H groups in total. The quantitative estimate of drug-likeness (QED) is 0.824. The van der Waals surface area contributed by atoms with Crippen LogP contribution >= 0.6 is 0 Å². The second-order valence-electron chi connectivity index (χ2n) is 7.28. The first-order valence-corrected chi connectivity index (χ1v) is 9.34. The van der Waals surface area contributed by atoms with Gasteiger partial charge in [-0.15, -0.1) is 0 Å². The van der Waals surface area contributed by atoms with Crippen LogP contribution < -0.4 is 5.32 Å². The second kappa shape index (κ2) is 9.48. The number of nitrogens with one attached hydrogen (secondary N) is 1. The predicted octanol–water partition coefficient (Wildman–Crippen LogP) is 1.94. The van der Waals surface area contributed by atoms with Crippen LogP contribution in [-0.4, -0.2) is 53.2 Å². The van der Waals surface area contributed by atoms with Crippen LogP contribution in [0, 0.1) is 11.7 Å². The summed E-state index contributed by atoms with van der Waals surface area (Å²) < 4.78 is 13.2. The van der Waals surface area contributed by atoms with Gasteiger partial charge in [-0.05, 0) is 23.6 Å². The lowest BCUT2D eigenvalue weighted by atomic mass is 10.0. The van der Waals surface area contributed by atoms with Gasteiger partial charge in [0.2, 0.25) is 17.7 Å². The number of benzene rings is 1. The number of halogens is 1. The first-order chi connectivity index (χ1) is 12.8. The van der Waals surface area contributed by atoms with Gasteiger partial charge in [0.25, 0.3) is 0 Å². The van der Waals surface area contributed by atoms with Crippen molar-refractivity contribution >= 4 is 17.7 Å². The minimum absolute atomic E-state index is 0.00446. The molecule has 1 aliphatic rings. The van der Waals surface area contributed by atoms with E-state index in [9.17, 15) is 18.8 Å². The Balaban J connectivity index is 2.10. The average Bonchev–Trinajstić information content (AvgIpc) is 2.76. The van der Waals surface area contributed by atoms with E-state index in [2.05, 4.69) is 5.32 Å². The van der Waals surface area contributed by atoms with Crippen molar-refractivity contribution in [1.29, 1.82) is 0 Å². The summed E-state index contributed by atoms with van der Waals surface area (Å²) in [5, 5.41) is 2.63. The molecule has 3 amide bonds. The fourth-order valence-corrected chi connectivity index (χ4v) is 3.27. The summed E-state index contributed by atoms with van der Waals surface area (Å²) in [5.41, 5.74) is 0.862. The molecule has 7 heteroatoms. The molecular weight excluding hydrogens is 349 g/mol. The Labute approximate surface area is 159 Å². The molecule has 2 rings (SSSR count). The van der Waals surface area contributed by atoms with E-state index in [4.69, 9.17) is 0 Å². The third-order valence-electron chi connectivity index (χ3n) is 4.82. The third kappa shape index (κ3) is 6.05. The number of rotatable bonds is 6. The molecule has 0 bridgehead atoms. The number of amides is 3. The molecule has 1 fully saturated rings. The van der Waals surface area contributed by atoms with Gasteiger partial charge in [-0.3, -0.25) is 14.4 Å². The zero-order valence-electron chi connectivity index (χ0n) is 16.2. The molecule has 1 atom stereocenters. The van der Waals surface area contributed by atoms with Crippen LogP contribution in [-0.2, 0) is 20.9 Å². The molecule has 0 radical (unpaired) electrons. The molecule has 1 heterocycles. The van der Waals surface area contributed by atoms with Gasteiger partial charge >= 0.3 is 0 Å². The van der Waals surface area contributed by atoms with Crippen LogP contribution in [0.1, 0.15) is 39.2 Å². The van der Waals surface area contributed by atoms with Crippen LogP contribution in [0.5, 0.6) is 0 Å². The maximum absolute atomic E-state index is 13.2. The summed E-state index contributed by atoms with van der Waals surface area (Å²) in [6.07, 6.45) is 0.479. The Morgan fingerprint density at radius 2 is 1.93 bits per heavy atom. The Morgan fingerprint density at radius 1 is 1.26 bits per heavy atom. The molecule has 1 saturated heterocycles. The van der Waals surface area contributed by atoms with Crippen molar-refractivity contribution < 1.29 is 18.8 Å². The monoisotopic (exact) mass is 377 g/mol. The Kier molecular flexibility index (Phi) is 7.33. The van der Waals surface area contributed by atoms with E-state index >= 15 is 0 Å². The lowest BCUT2D eigenvalue weighted by molar-refractivity contribution is -0.134. The highest BCUT2D eigenvalue weighted by Gasteiger charge is 2.33. The van der Waals surface area contributed by atoms with Crippen molar-refractivity contribution in [1.82, 2.24) is 15.1 Å². The fourth-order valence-electron chi connectivity index (χ4n) is 3.27. The Hall–Kier alpha value is -2.44. The Morgan fingerprint density at radius 3 is 2.52 bits per heavy atom. The summed E-state index contributed by atoms with van der Waals surface area (Å²) in [6, 6.07) is 6.03. The topological polar surface area (TPSA) is 69.7 Å². The molecule has 0 aliphatic carbocycles. The molecule has 0 aromatic heterocycles. The summed E-state index contributed by atoms with van der Waals surface area (Å²) in [6.45, 7) is 7.00. The number of carbonyl (C=O) groups excluding carboxylic acids is 3. The lowest BCUT2D eigenvalue weighted by Crippen LogP contribution is -2.47. The van der Waals surface area contributed by atoms with Gasteiger partial charge in [-0.25, -0.2) is 4.39 Å². The van der Waals surface area contributed by atoms with Gasteiger partial charge in [-0.2, -0.15) is 0 Å². The summed E-state index contributed by atoms with van der Waals surface area (Å²) in [7, 11) is 0. The van der Waals surface area contributed by atoms with E-state index in [1.54, 1.807) is 21.9 Å². The van der Waals surface area contributed by atoms with E-state index in [1.807, 2.05) is 13.8 Å². The fraction of sp³-hybridized carbons (Fsp3) is 0.550. The zero-order valence-corrected chi connectivity index (χ0v) is 16.2. The van der Waals surface area contributed by atoms with Gasteiger partial charge < -0.3 is 15.1 Å². The van der Waals surface area contributed by atoms with E-state index in [-0.39, 0.29) is 48.3 Å². The van der Waals surface area contributed by atoms with Crippen molar-refractivity contribution in [3.63, 3.8) is 0 Å². The molecule has 0 unspecified atom stereocenters. The van der Waals surface area contributed by atoms with Gasteiger partial charge in [0, 0.05) is 45.9 Å². The van der Waals surface area contributed by atoms with E-state index < -0.39 is 0 Å². The second-order valence-corrected chi connectivity index (χ2v) is 7.28. The van der Waals surface area contributed by atoms with Crippen LogP contribution in [0.25, 0.3) is 0 Å². The van der Waals surface area contributed by atoms with Gasteiger partial charge in [0.05, 0.1) is 6.04 Å². The van der Waals surface area contributed by atoms with E-state index in [0.29, 0.717) is 26.2 Å². The highest BCUT2D eigenvalue weighted by molar-refractivity contribution is 5.81. The van der Waals surface area contributed by atoms with Crippen LogP contribution in [0.2, 0.25) is 0 Å². The molecule has 0 saturated carbocycles. The molecule has 6 nitrogen and oxygen atoms in total. The molecule has 27 heavy (non-hydrogen) atoms. The van der Waals surface area contributed by atoms with Crippen molar-refractivity contribution in [2.75, 3.05) is 19.6 Å². The van der Waals surface area contributed by atoms with E-state index in [1.165, 1.54) is 19.1 Å². The zero-order chi connectivity index (χ0) is 20.0. The maximum Gasteiger partial charge on any atom is 0.224 e. The average molecular weight is 377 g/mol. The summed E-state index contributed by atoms with van der Waals surface area (Å²) >= 11 is 0. The third-order valence-corrected chi connectivity index (χ3v) is 4.82. The van der Waals surface area contributed by atoms with Crippen molar-refractivity contribution in [2.45, 2.75) is 46.2 Å². The number of nitrogens with zero attached hydrogens (tertiary/aromatic N) is 2. The number of hydrogen-bond donors (Lipinski definition) is 1. The lowest BCUT2D eigenvalue weighted by Gasteiger charge is -2.34. The molecule has 1 aromatic carbocycles. The van der Waals surface area contributed by atoms with Crippen LogP contribution in [0.3, 0.4) is 0 Å². The van der Waals surface area contributed by atoms with Crippen LogP contribution in [0.15, 0.2) is 24.3 Å². The summed E-state index contributed by atoms with van der Waals surface area (Å²) in [5.74, 6) is -0.379. The van der Waals surface area contributed by atoms with E-state index in [0.717, 1.165) is 5.56 Å². The van der Waals surface area contributed by atoms with Crippen molar-refractivity contribution in [3.05, 3.63) is 35.6 Å². The summed E-state index contributed by atoms with van der Waals surface area (Å²) in [4.78, 5) is 39.7. The minimum Gasteiger partial charge on any atom is -0.356 e. The predicted molar refractivity (Wildman–Crippen MR) is 100 cm³/mol. The van der Waals surface area contributed by atoms with Crippen molar-refractivity contribution in [2.24, 2.45) is 5.92 Å². The van der Waals surface area contributed by atoms with Gasteiger partial charge in [0.15, 0.2) is 0 Å². The first kappa shape index (κ1) is 20.9. The maximum atomic E-state index is 13.2. The first-order valence-electron chi connectivity index (χ1n) is 9.34. The molecule has 148 valence electrons. The van der Waals surface area contributed by atoms with Crippen molar-refractivity contribution in [3.8, 4) is 0 Å². The largest absolute Gasteiger partial charge is 0.356 e. The SMILES string of the molecule is CC(=O)NCCC(=O)N1CCC(=O)N(Cc2ccc(F)cc2)[C@@H](C(C)C)C1. The van der Waals surface area contributed by atoms with Gasteiger partial charge in [-0.1, -0.05) is 26.0 Å². The molecular formula is C20H28FN3O3. The number of carbonyl (C=O) groups is 3. The Bertz CT molecular complexity index is 676. The normalized spacial score (nSPS) is 17.8. The standard InChI is InChI=1S/C20H28FN3O3/c1-14(2)18-13-23(19(26)8-10-22-15(3)25)11-9-20(27)24(18)12-16-4-6-17(21)7-5-16/h4-7,14,18H,8-13H2,1-3H3,(H,22,25)/t18-/m1/s1. The molecule has 0 spiro atoms. The minimum atomic E-state index is -0.308. The smallest absolute Gasteiger partial charge is 0.224 e. The van der Waals surface area contributed by atoms with Crippen LogP contribution in [0.4, 0.5) is 4.39 Å². The molecule has 1 aliphatic heterocycles. The van der Waals surface area contributed by atoms with Gasteiger partial charge in [0.1, 0.15) is 5.82 Å². The highest BCUT2D eigenvalue weighted by Crippen LogP contribution is 2.21.